The van der Waals surface area contributed by atoms with Gasteiger partial charge in [0.15, 0.2) is 0 Å². The Balaban J connectivity index is 1.40. The molecular formula is C24H22ClF3N4O3. The Bertz CT molecular complexity index is 1210. The van der Waals surface area contributed by atoms with Crippen LogP contribution in [0.25, 0.3) is 0 Å². The lowest BCUT2D eigenvalue weighted by Crippen LogP contribution is -2.45. The normalized spacial score (nSPS) is 18.0. The van der Waals surface area contributed by atoms with Crippen LogP contribution in [0.15, 0.2) is 59.8 Å². The number of alkyl halides is 3. The molecule has 7 nitrogen and oxygen atoms in total. The number of nitrogens with one attached hydrogen (secondary N) is 2. The number of halogens is 4. The van der Waals surface area contributed by atoms with Crippen molar-refractivity contribution >= 4 is 29.4 Å². The molecule has 2 N–H and O–H groups in total. The quantitative estimate of drug-likeness (QED) is 0.624. The summed E-state index contributed by atoms with van der Waals surface area (Å²) in [6.45, 7) is 0.165. The second-order valence-corrected chi connectivity index (χ2v) is 8.68. The summed E-state index contributed by atoms with van der Waals surface area (Å²) in [5, 5.41) is 5.80. The van der Waals surface area contributed by atoms with Gasteiger partial charge in [0, 0.05) is 31.6 Å². The molecule has 4 rings (SSSR count). The maximum atomic E-state index is 13.2. The maximum absolute atomic E-state index is 13.2. The number of likely N-dealkylation sites (N-methyl/N-ethyl adjacent to an activating group) is 1. The highest BCUT2D eigenvalue weighted by molar-refractivity contribution is 6.31. The Morgan fingerprint density at radius 1 is 1.17 bits per heavy atom. The molecule has 4 amide bonds. The molecule has 0 bridgehead atoms. The van der Waals surface area contributed by atoms with E-state index in [1.165, 1.54) is 21.9 Å². The predicted molar refractivity (Wildman–Crippen MR) is 122 cm³/mol. The summed E-state index contributed by atoms with van der Waals surface area (Å²) in [5.74, 6) is -0.729. The first-order valence-electron chi connectivity index (χ1n) is 10.8. The van der Waals surface area contributed by atoms with E-state index >= 15 is 0 Å². The lowest BCUT2D eigenvalue weighted by Gasteiger charge is -2.31. The van der Waals surface area contributed by atoms with Crippen LogP contribution in [0.2, 0.25) is 5.02 Å². The van der Waals surface area contributed by atoms with Gasteiger partial charge in [-0.25, -0.2) is 4.79 Å². The Labute approximate surface area is 204 Å². The standard InChI is InChI=1S/C24H22ClF3N4O3/c1-31-18-13-32(10-9-19(33)29-12-14-5-4-6-15(11-14)24(26,27)28)22(34)20(18)21(30-23(31)35)16-7-2-3-8-17(16)25/h2-8,11,21H,9-10,12-13H2,1H3,(H,29,33)(H,30,35). The van der Waals surface area contributed by atoms with Gasteiger partial charge in [0.05, 0.1) is 29.4 Å². The fourth-order valence-electron chi connectivity index (χ4n) is 4.13. The molecule has 35 heavy (non-hydrogen) atoms. The van der Waals surface area contributed by atoms with Crippen LogP contribution in [0, 0.1) is 0 Å². The molecule has 0 saturated carbocycles. The Hall–Kier alpha value is -3.53. The summed E-state index contributed by atoms with van der Waals surface area (Å²) in [4.78, 5) is 40.9. The molecule has 0 aromatic heterocycles. The van der Waals surface area contributed by atoms with Crippen LogP contribution in [-0.4, -0.2) is 47.8 Å². The van der Waals surface area contributed by atoms with Crippen LogP contribution in [0.3, 0.4) is 0 Å². The van der Waals surface area contributed by atoms with E-state index in [2.05, 4.69) is 10.6 Å². The van der Waals surface area contributed by atoms with E-state index in [1.807, 2.05) is 0 Å². The number of carbonyl (C=O) groups is 3. The molecule has 0 saturated heterocycles. The summed E-state index contributed by atoms with van der Waals surface area (Å²) in [6, 6.07) is 10.6. The summed E-state index contributed by atoms with van der Waals surface area (Å²) in [7, 11) is 1.56. The van der Waals surface area contributed by atoms with Gasteiger partial charge in [0.2, 0.25) is 5.91 Å². The average Bonchev–Trinajstić information content (AvgIpc) is 3.15. The monoisotopic (exact) mass is 506 g/mol. The van der Waals surface area contributed by atoms with E-state index < -0.39 is 23.7 Å². The van der Waals surface area contributed by atoms with Gasteiger partial charge in [-0.2, -0.15) is 13.2 Å². The van der Waals surface area contributed by atoms with Crippen molar-refractivity contribution < 1.29 is 27.6 Å². The summed E-state index contributed by atoms with van der Waals surface area (Å²) in [6.07, 6.45) is -4.51. The molecule has 1 atom stereocenters. The van der Waals surface area contributed by atoms with E-state index in [1.54, 1.807) is 31.3 Å². The number of urea groups is 1. The number of hydrogen-bond donors (Lipinski definition) is 2. The van der Waals surface area contributed by atoms with E-state index in [-0.39, 0.29) is 38.0 Å². The minimum atomic E-state index is -4.46. The molecule has 0 radical (unpaired) electrons. The highest BCUT2D eigenvalue weighted by atomic mass is 35.5. The smallest absolute Gasteiger partial charge is 0.352 e. The summed E-state index contributed by atoms with van der Waals surface area (Å²) in [5.41, 5.74) is 1.05. The second kappa shape index (κ2) is 9.61. The first-order chi connectivity index (χ1) is 16.6. The topological polar surface area (TPSA) is 81.8 Å². The van der Waals surface area contributed by atoms with Crippen LogP contribution < -0.4 is 10.6 Å². The number of carbonyl (C=O) groups excluding carboxylic acids is 3. The first-order valence-corrected chi connectivity index (χ1v) is 11.2. The van der Waals surface area contributed by atoms with Crippen LogP contribution in [0.4, 0.5) is 18.0 Å². The molecule has 2 aliphatic heterocycles. The summed E-state index contributed by atoms with van der Waals surface area (Å²) < 4.78 is 38.6. The van der Waals surface area contributed by atoms with Crippen LogP contribution >= 0.6 is 11.6 Å². The van der Waals surface area contributed by atoms with Gasteiger partial charge >= 0.3 is 12.2 Å². The van der Waals surface area contributed by atoms with Crippen LogP contribution in [-0.2, 0) is 22.3 Å². The zero-order chi connectivity index (χ0) is 25.3. The van der Waals surface area contributed by atoms with E-state index in [0.29, 0.717) is 27.4 Å². The Morgan fingerprint density at radius 2 is 1.91 bits per heavy atom. The highest BCUT2D eigenvalue weighted by Crippen LogP contribution is 2.38. The van der Waals surface area contributed by atoms with Crippen molar-refractivity contribution in [2.75, 3.05) is 20.1 Å². The minimum Gasteiger partial charge on any atom is -0.352 e. The van der Waals surface area contributed by atoms with Gasteiger partial charge in [-0.15, -0.1) is 0 Å². The molecule has 11 heteroatoms. The van der Waals surface area contributed by atoms with E-state index in [9.17, 15) is 27.6 Å². The molecule has 2 aliphatic rings. The van der Waals surface area contributed by atoms with Crippen molar-refractivity contribution in [1.29, 1.82) is 0 Å². The number of benzene rings is 2. The first kappa shape index (κ1) is 24.6. The highest BCUT2D eigenvalue weighted by Gasteiger charge is 2.43. The van der Waals surface area contributed by atoms with Crippen LogP contribution in [0.1, 0.15) is 29.2 Å². The van der Waals surface area contributed by atoms with Crippen molar-refractivity contribution in [2.24, 2.45) is 0 Å². The van der Waals surface area contributed by atoms with Crippen molar-refractivity contribution in [3.05, 3.63) is 81.5 Å². The molecule has 2 aromatic rings. The maximum Gasteiger partial charge on any atom is 0.416 e. The third-order valence-corrected chi connectivity index (χ3v) is 6.35. The van der Waals surface area contributed by atoms with Gasteiger partial charge in [-0.3, -0.25) is 14.5 Å². The lowest BCUT2D eigenvalue weighted by atomic mass is 9.95. The van der Waals surface area contributed by atoms with Gasteiger partial charge in [0.25, 0.3) is 5.91 Å². The number of rotatable bonds is 6. The fraction of sp³-hybridized carbons (Fsp3) is 0.292. The predicted octanol–water partition coefficient (Wildman–Crippen LogP) is 3.86. The summed E-state index contributed by atoms with van der Waals surface area (Å²) >= 11 is 6.31. The zero-order valence-electron chi connectivity index (χ0n) is 18.7. The molecule has 2 heterocycles. The molecule has 184 valence electrons. The number of nitrogens with zero attached hydrogens (tertiary/aromatic N) is 2. The average molecular weight is 507 g/mol. The second-order valence-electron chi connectivity index (χ2n) is 8.27. The number of hydrogen-bond acceptors (Lipinski definition) is 3. The molecule has 0 aliphatic carbocycles. The number of amides is 4. The van der Waals surface area contributed by atoms with Crippen molar-refractivity contribution in [2.45, 2.75) is 25.2 Å². The Morgan fingerprint density at radius 3 is 2.63 bits per heavy atom. The van der Waals surface area contributed by atoms with Crippen molar-refractivity contribution in [3.63, 3.8) is 0 Å². The van der Waals surface area contributed by atoms with Crippen molar-refractivity contribution in [3.8, 4) is 0 Å². The van der Waals surface area contributed by atoms with Gasteiger partial charge in [-0.1, -0.05) is 41.9 Å². The minimum absolute atomic E-state index is 0.0485. The Kier molecular flexibility index (Phi) is 6.75. The van der Waals surface area contributed by atoms with Gasteiger partial charge in [0.1, 0.15) is 0 Å². The fourth-order valence-corrected chi connectivity index (χ4v) is 4.37. The molecule has 0 fully saturated rings. The van der Waals surface area contributed by atoms with E-state index in [4.69, 9.17) is 11.6 Å². The molecule has 1 unspecified atom stereocenters. The van der Waals surface area contributed by atoms with Gasteiger partial charge < -0.3 is 15.5 Å². The largest absolute Gasteiger partial charge is 0.416 e. The van der Waals surface area contributed by atoms with Crippen LogP contribution in [0.5, 0.6) is 0 Å². The van der Waals surface area contributed by atoms with E-state index in [0.717, 1.165) is 12.1 Å². The molecular weight excluding hydrogens is 485 g/mol. The molecule has 2 aromatic carbocycles. The zero-order valence-corrected chi connectivity index (χ0v) is 19.4. The molecule has 0 spiro atoms. The third-order valence-electron chi connectivity index (χ3n) is 6.00. The van der Waals surface area contributed by atoms with Gasteiger partial charge in [-0.05, 0) is 29.3 Å². The SMILES string of the molecule is CN1C(=O)NC(c2ccccc2Cl)C2=C1CN(CCC(=O)NCc1cccc(C(F)(F)F)c1)C2=O. The van der Waals surface area contributed by atoms with Crippen molar-refractivity contribution in [1.82, 2.24) is 20.4 Å². The lowest BCUT2D eigenvalue weighted by molar-refractivity contribution is -0.137. The third kappa shape index (κ3) is 5.12.